The van der Waals surface area contributed by atoms with Gasteiger partial charge in [-0.1, -0.05) is 18.9 Å². The molecule has 1 saturated heterocycles. The number of benzene rings is 1. The van der Waals surface area contributed by atoms with Gasteiger partial charge in [0.05, 0.1) is 5.60 Å². The van der Waals surface area contributed by atoms with Gasteiger partial charge in [-0.2, -0.15) is 0 Å². The lowest BCUT2D eigenvalue weighted by atomic mass is 9.71. The lowest BCUT2D eigenvalue weighted by Crippen LogP contribution is -2.55. The fraction of sp³-hybridized carbons (Fsp3) is 0.632. The molecule has 0 spiro atoms. The highest BCUT2D eigenvalue weighted by atomic mass is 16.3. The average molecular weight is 331 g/mol. The van der Waals surface area contributed by atoms with Crippen molar-refractivity contribution in [2.75, 3.05) is 36.9 Å². The quantitative estimate of drug-likeness (QED) is 0.893. The van der Waals surface area contributed by atoms with E-state index in [-0.39, 0.29) is 11.9 Å². The molecule has 1 aliphatic heterocycles. The molecule has 2 fully saturated rings. The molecule has 2 unspecified atom stereocenters. The van der Waals surface area contributed by atoms with Crippen LogP contribution in [0, 0.1) is 5.92 Å². The van der Waals surface area contributed by atoms with E-state index < -0.39 is 5.60 Å². The van der Waals surface area contributed by atoms with Crippen LogP contribution in [-0.2, 0) is 0 Å². The standard InChI is InChI=1S/C19H29N3O2/c1-3-21(2)17-9-6-8-16(13-17)20-18(23)22-12-11-19(24)10-5-4-7-15(19)14-22/h6,8-9,13,15,24H,3-5,7,10-12,14H2,1-2H3,(H,20,23). The molecule has 3 rings (SSSR count). The molecule has 2 aliphatic rings. The van der Waals surface area contributed by atoms with Crippen LogP contribution in [0.1, 0.15) is 39.0 Å². The van der Waals surface area contributed by atoms with Crippen molar-refractivity contribution in [3.8, 4) is 0 Å². The minimum atomic E-state index is -0.543. The number of carbonyl (C=O) groups is 1. The number of nitrogens with one attached hydrogen (secondary N) is 1. The molecule has 1 aliphatic carbocycles. The zero-order valence-electron chi connectivity index (χ0n) is 14.8. The van der Waals surface area contributed by atoms with E-state index in [4.69, 9.17) is 0 Å². The number of aliphatic hydroxyl groups is 1. The monoisotopic (exact) mass is 331 g/mol. The van der Waals surface area contributed by atoms with E-state index in [0.29, 0.717) is 19.5 Å². The van der Waals surface area contributed by atoms with Crippen LogP contribution in [0.4, 0.5) is 16.2 Å². The molecule has 1 heterocycles. The summed E-state index contributed by atoms with van der Waals surface area (Å²) in [5.41, 5.74) is 1.37. The second-order valence-electron chi connectivity index (χ2n) is 7.24. The van der Waals surface area contributed by atoms with Gasteiger partial charge in [0.15, 0.2) is 0 Å². The molecule has 0 radical (unpaired) electrons. The van der Waals surface area contributed by atoms with Crippen molar-refractivity contribution in [3.05, 3.63) is 24.3 Å². The number of likely N-dealkylation sites (tertiary alicyclic amines) is 1. The first-order chi connectivity index (χ1) is 11.5. The van der Waals surface area contributed by atoms with Gasteiger partial charge in [0.2, 0.25) is 0 Å². The molecule has 5 heteroatoms. The average Bonchev–Trinajstić information content (AvgIpc) is 2.60. The number of carbonyl (C=O) groups excluding carboxylic acids is 1. The van der Waals surface area contributed by atoms with Gasteiger partial charge in [0.25, 0.3) is 0 Å². The number of rotatable bonds is 3. The Balaban J connectivity index is 1.63. The van der Waals surface area contributed by atoms with Crippen LogP contribution < -0.4 is 10.2 Å². The molecule has 2 atom stereocenters. The fourth-order valence-corrected chi connectivity index (χ4v) is 3.96. The van der Waals surface area contributed by atoms with Gasteiger partial charge in [0.1, 0.15) is 0 Å². The zero-order valence-corrected chi connectivity index (χ0v) is 14.8. The first kappa shape index (κ1) is 17.1. The minimum absolute atomic E-state index is 0.0566. The van der Waals surface area contributed by atoms with Gasteiger partial charge >= 0.3 is 6.03 Å². The Hall–Kier alpha value is -1.75. The third-order valence-corrected chi connectivity index (χ3v) is 5.73. The normalized spacial score (nSPS) is 26.6. The zero-order chi connectivity index (χ0) is 17.2. The summed E-state index contributed by atoms with van der Waals surface area (Å²) in [6.45, 7) is 4.32. The molecule has 2 N–H and O–H groups in total. The molecule has 0 aromatic heterocycles. The highest BCUT2D eigenvalue weighted by molar-refractivity contribution is 5.90. The Labute approximate surface area is 144 Å². The van der Waals surface area contributed by atoms with Gasteiger partial charge in [-0.05, 0) is 44.4 Å². The summed E-state index contributed by atoms with van der Waals surface area (Å²) in [6.07, 6.45) is 4.88. The lowest BCUT2D eigenvalue weighted by molar-refractivity contribution is -0.0863. The first-order valence-corrected chi connectivity index (χ1v) is 9.11. The summed E-state index contributed by atoms with van der Waals surface area (Å²) in [6, 6.07) is 7.88. The number of hydrogen-bond acceptors (Lipinski definition) is 3. The summed E-state index contributed by atoms with van der Waals surface area (Å²) >= 11 is 0. The van der Waals surface area contributed by atoms with Gasteiger partial charge in [-0.15, -0.1) is 0 Å². The number of nitrogens with zero attached hydrogens (tertiary/aromatic N) is 2. The second kappa shape index (κ2) is 7.01. The summed E-state index contributed by atoms with van der Waals surface area (Å²) in [5, 5.41) is 13.8. The Morgan fingerprint density at radius 1 is 1.42 bits per heavy atom. The predicted molar refractivity (Wildman–Crippen MR) is 97.5 cm³/mol. The SMILES string of the molecule is CCN(C)c1cccc(NC(=O)N2CCC3(O)CCCCC3C2)c1. The largest absolute Gasteiger partial charge is 0.389 e. The van der Waals surface area contributed by atoms with Crippen LogP contribution in [0.25, 0.3) is 0 Å². The van der Waals surface area contributed by atoms with Gasteiger partial charge in [-0.25, -0.2) is 4.79 Å². The minimum Gasteiger partial charge on any atom is -0.389 e. The maximum Gasteiger partial charge on any atom is 0.321 e. The Morgan fingerprint density at radius 3 is 3.04 bits per heavy atom. The van der Waals surface area contributed by atoms with Crippen molar-refractivity contribution in [1.82, 2.24) is 4.90 Å². The predicted octanol–water partition coefficient (Wildman–Crippen LogP) is 3.30. The van der Waals surface area contributed by atoms with E-state index in [1.807, 2.05) is 36.2 Å². The van der Waals surface area contributed by atoms with Crippen LogP contribution in [0.2, 0.25) is 0 Å². The molecule has 24 heavy (non-hydrogen) atoms. The number of anilines is 2. The van der Waals surface area contributed by atoms with Gasteiger partial charge in [-0.3, -0.25) is 0 Å². The molecule has 132 valence electrons. The van der Waals surface area contributed by atoms with Crippen LogP contribution in [-0.4, -0.2) is 48.3 Å². The number of amides is 2. The van der Waals surface area contributed by atoms with Crippen LogP contribution in [0.3, 0.4) is 0 Å². The molecule has 0 bridgehead atoms. The third kappa shape index (κ3) is 3.51. The lowest BCUT2D eigenvalue weighted by Gasteiger charge is -2.47. The van der Waals surface area contributed by atoms with E-state index in [1.54, 1.807) is 0 Å². The molecular weight excluding hydrogens is 302 g/mol. The van der Waals surface area contributed by atoms with Gasteiger partial charge in [0, 0.05) is 44.0 Å². The molecule has 1 aromatic rings. The number of hydrogen-bond donors (Lipinski definition) is 2. The van der Waals surface area contributed by atoms with Crippen molar-refractivity contribution in [2.24, 2.45) is 5.92 Å². The van der Waals surface area contributed by atoms with E-state index in [2.05, 4.69) is 17.1 Å². The number of urea groups is 1. The maximum absolute atomic E-state index is 12.6. The van der Waals surface area contributed by atoms with E-state index in [0.717, 1.165) is 43.6 Å². The van der Waals surface area contributed by atoms with Gasteiger partial charge < -0.3 is 20.2 Å². The maximum atomic E-state index is 12.6. The van der Waals surface area contributed by atoms with Crippen molar-refractivity contribution in [2.45, 2.75) is 44.6 Å². The topological polar surface area (TPSA) is 55.8 Å². The summed E-state index contributed by atoms with van der Waals surface area (Å²) in [7, 11) is 2.04. The Bertz CT molecular complexity index is 592. The Kier molecular flexibility index (Phi) is 4.99. The summed E-state index contributed by atoms with van der Waals surface area (Å²) < 4.78 is 0. The smallest absolute Gasteiger partial charge is 0.321 e. The fourth-order valence-electron chi connectivity index (χ4n) is 3.96. The summed E-state index contributed by atoms with van der Waals surface area (Å²) in [5.74, 6) is 0.225. The molecular formula is C19H29N3O2. The van der Waals surface area contributed by atoms with Crippen LogP contribution >= 0.6 is 0 Å². The number of piperidine rings is 1. The van der Waals surface area contributed by atoms with Crippen molar-refractivity contribution in [3.63, 3.8) is 0 Å². The molecule has 2 amide bonds. The molecule has 5 nitrogen and oxygen atoms in total. The van der Waals surface area contributed by atoms with Crippen molar-refractivity contribution in [1.29, 1.82) is 0 Å². The highest BCUT2D eigenvalue weighted by Gasteiger charge is 2.43. The third-order valence-electron chi connectivity index (χ3n) is 5.73. The van der Waals surface area contributed by atoms with Crippen LogP contribution in [0.5, 0.6) is 0 Å². The van der Waals surface area contributed by atoms with E-state index in [1.165, 1.54) is 0 Å². The van der Waals surface area contributed by atoms with Crippen LogP contribution in [0.15, 0.2) is 24.3 Å². The van der Waals surface area contributed by atoms with Crippen molar-refractivity contribution >= 4 is 17.4 Å². The van der Waals surface area contributed by atoms with E-state index in [9.17, 15) is 9.90 Å². The first-order valence-electron chi connectivity index (χ1n) is 9.11. The number of fused-ring (bicyclic) bond motifs is 1. The highest BCUT2D eigenvalue weighted by Crippen LogP contribution is 2.39. The van der Waals surface area contributed by atoms with Crippen molar-refractivity contribution < 1.29 is 9.90 Å². The molecule has 1 saturated carbocycles. The Morgan fingerprint density at radius 2 is 2.25 bits per heavy atom. The molecule has 1 aromatic carbocycles. The summed E-state index contributed by atoms with van der Waals surface area (Å²) in [4.78, 5) is 16.6. The van der Waals surface area contributed by atoms with E-state index >= 15 is 0 Å². The second-order valence-corrected chi connectivity index (χ2v) is 7.24.